The van der Waals surface area contributed by atoms with Gasteiger partial charge < -0.3 is 18.9 Å². The van der Waals surface area contributed by atoms with Gasteiger partial charge in [-0.3, -0.25) is 0 Å². The Kier molecular flexibility index (Phi) is 4.43. The standard InChI is InChI=1S/C21H25BFNO3/c1-20(2)21(3,4)27-22(26-20)16-10-8-15(9-11-16)14-24-12-13-25-18-7-5-6-17(23)19(18)24/h5-11H,12-14H2,1-4H3. The lowest BCUT2D eigenvalue weighted by Gasteiger charge is -2.32. The van der Waals surface area contributed by atoms with Crippen LogP contribution in [0, 0.1) is 5.82 Å². The molecule has 2 heterocycles. The predicted octanol–water partition coefficient (Wildman–Crippen LogP) is 3.52. The van der Waals surface area contributed by atoms with Crippen molar-refractivity contribution < 1.29 is 18.4 Å². The molecular weight excluding hydrogens is 344 g/mol. The van der Waals surface area contributed by atoms with Crippen molar-refractivity contribution in [2.75, 3.05) is 18.1 Å². The summed E-state index contributed by atoms with van der Waals surface area (Å²) in [7, 11) is -0.370. The van der Waals surface area contributed by atoms with Crippen LogP contribution in [0.25, 0.3) is 0 Å². The smallest absolute Gasteiger partial charge is 0.489 e. The Labute approximate surface area is 160 Å². The Morgan fingerprint density at radius 2 is 1.67 bits per heavy atom. The molecule has 142 valence electrons. The first-order valence-electron chi connectivity index (χ1n) is 9.38. The number of benzene rings is 2. The molecule has 0 aromatic heterocycles. The molecule has 4 rings (SSSR count). The summed E-state index contributed by atoms with van der Waals surface area (Å²) in [5.74, 6) is 0.358. The van der Waals surface area contributed by atoms with E-state index in [1.54, 1.807) is 6.07 Å². The summed E-state index contributed by atoms with van der Waals surface area (Å²) >= 11 is 0. The number of hydrogen-bond acceptors (Lipinski definition) is 4. The van der Waals surface area contributed by atoms with E-state index in [0.29, 0.717) is 31.1 Å². The van der Waals surface area contributed by atoms with E-state index in [4.69, 9.17) is 14.0 Å². The average molecular weight is 369 g/mol. The molecule has 27 heavy (non-hydrogen) atoms. The van der Waals surface area contributed by atoms with Crippen LogP contribution >= 0.6 is 0 Å². The normalized spacial score (nSPS) is 20.3. The zero-order chi connectivity index (χ0) is 19.2. The van der Waals surface area contributed by atoms with Crippen LogP contribution in [0.15, 0.2) is 42.5 Å². The maximum absolute atomic E-state index is 14.3. The van der Waals surface area contributed by atoms with Crippen molar-refractivity contribution in [1.82, 2.24) is 0 Å². The second-order valence-electron chi connectivity index (χ2n) is 8.19. The van der Waals surface area contributed by atoms with Crippen molar-refractivity contribution in [3.05, 3.63) is 53.8 Å². The van der Waals surface area contributed by atoms with Gasteiger partial charge in [0.25, 0.3) is 0 Å². The molecular formula is C21H25BFNO3. The molecule has 0 spiro atoms. The van der Waals surface area contributed by atoms with Gasteiger partial charge in [-0.1, -0.05) is 30.3 Å². The fraction of sp³-hybridized carbons (Fsp3) is 0.429. The Morgan fingerprint density at radius 3 is 2.33 bits per heavy atom. The van der Waals surface area contributed by atoms with Crippen LogP contribution in [0.3, 0.4) is 0 Å². The molecule has 0 amide bonds. The van der Waals surface area contributed by atoms with Crippen LogP contribution in [0.4, 0.5) is 10.1 Å². The van der Waals surface area contributed by atoms with Crippen molar-refractivity contribution in [1.29, 1.82) is 0 Å². The van der Waals surface area contributed by atoms with Crippen LogP contribution in [0.5, 0.6) is 5.75 Å². The lowest BCUT2D eigenvalue weighted by molar-refractivity contribution is 0.00578. The van der Waals surface area contributed by atoms with Crippen LogP contribution in [-0.2, 0) is 15.9 Å². The molecule has 2 aromatic rings. The first kappa shape index (κ1) is 18.3. The van der Waals surface area contributed by atoms with E-state index >= 15 is 0 Å². The van der Waals surface area contributed by atoms with E-state index in [-0.39, 0.29) is 24.1 Å². The Morgan fingerprint density at radius 1 is 1.00 bits per heavy atom. The first-order valence-corrected chi connectivity index (χ1v) is 9.38. The molecule has 0 N–H and O–H groups in total. The molecule has 0 aliphatic carbocycles. The SMILES string of the molecule is CC1(C)OB(c2ccc(CN3CCOc4cccc(F)c43)cc2)OC1(C)C. The molecule has 2 aliphatic heterocycles. The third-order valence-electron chi connectivity index (χ3n) is 5.76. The van der Waals surface area contributed by atoms with Gasteiger partial charge in [0.05, 0.1) is 17.7 Å². The average Bonchev–Trinajstić information content (AvgIpc) is 2.83. The minimum absolute atomic E-state index is 0.249. The fourth-order valence-corrected chi connectivity index (χ4v) is 3.43. The quantitative estimate of drug-likeness (QED) is 0.775. The third kappa shape index (κ3) is 3.32. The van der Waals surface area contributed by atoms with Gasteiger partial charge in [0.15, 0.2) is 0 Å². The van der Waals surface area contributed by atoms with Crippen LogP contribution in [0.2, 0.25) is 0 Å². The van der Waals surface area contributed by atoms with Gasteiger partial charge in [0, 0.05) is 6.54 Å². The molecule has 2 aliphatic rings. The van der Waals surface area contributed by atoms with E-state index in [0.717, 1.165) is 11.0 Å². The summed E-state index contributed by atoms with van der Waals surface area (Å²) in [6.45, 7) is 10.0. The molecule has 1 fully saturated rings. The zero-order valence-electron chi connectivity index (χ0n) is 16.3. The van der Waals surface area contributed by atoms with E-state index < -0.39 is 0 Å². The fourth-order valence-electron chi connectivity index (χ4n) is 3.43. The molecule has 1 saturated heterocycles. The van der Waals surface area contributed by atoms with Gasteiger partial charge in [-0.25, -0.2) is 4.39 Å². The first-order chi connectivity index (χ1) is 12.8. The third-order valence-corrected chi connectivity index (χ3v) is 5.76. The minimum Gasteiger partial charge on any atom is -0.489 e. The number of para-hydroxylation sites is 1. The summed E-state index contributed by atoms with van der Waals surface area (Å²) in [5.41, 5.74) is 1.92. The maximum atomic E-state index is 14.3. The van der Waals surface area contributed by atoms with Gasteiger partial charge in [0.2, 0.25) is 0 Å². The molecule has 2 aromatic carbocycles. The summed E-state index contributed by atoms with van der Waals surface area (Å²) in [5, 5.41) is 0. The Hall–Kier alpha value is -2.05. The van der Waals surface area contributed by atoms with Crippen molar-refractivity contribution in [2.24, 2.45) is 0 Å². The van der Waals surface area contributed by atoms with Crippen molar-refractivity contribution in [3.8, 4) is 5.75 Å². The molecule has 0 radical (unpaired) electrons. The Balaban J connectivity index is 1.50. The predicted molar refractivity (Wildman–Crippen MR) is 105 cm³/mol. The van der Waals surface area contributed by atoms with Crippen molar-refractivity contribution in [2.45, 2.75) is 45.4 Å². The molecule has 4 nitrogen and oxygen atoms in total. The van der Waals surface area contributed by atoms with E-state index in [1.807, 2.05) is 50.8 Å². The van der Waals surface area contributed by atoms with Crippen molar-refractivity contribution in [3.63, 3.8) is 0 Å². The highest BCUT2D eigenvalue weighted by molar-refractivity contribution is 6.62. The van der Waals surface area contributed by atoms with Crippen LogP contribution in [0.1, 0.15) is 33.3 Å². The van der Waals surface area contributed by atoms with E-state index in [2.05, 4.69) is 12.1 Å². The zero-order valence-corrected chi connectivity index (χ0v) is 16.3. The number of anilines is 1. The molecule has 0 atom stereocenters. The molecule has 0 bridgehead atoms. The molecule has 0 saturated carbocycles. The number of rotatable bonds is 3. The second-order valence-corrected chi connectivity index (χ2v) is 8.19. The van der Waals surface area contributed by atoms with Gasteiger partial charge >= 0.3 is 7.12 Å². The van der Waals surface area contributed by atoms with Crippen LogP contribution in [-0.4, -0.2) is 31.5 Å². The second kappa shape index (κ2) is 6.53. The van der Waals surface area contributed by atoms with Crippen LogP contribution < -0.4 is 15.1 Å². The number of nitrogens with zero attached hydrogens (tertiary/aromatic N) is 1. The van der Waals surface area contributed by atoms with E-state index in [9.17, 15) is 4.39 Å². The topological polar surface area (TPSA) is 30.9 Å². The number of hydrogen-bond donors (Lipinski definition) is 0. The number of fused-ring (bicyclic) bond motifs is 1. The van der Waals surface area contributed by atoms with Gasteiger partial charge in [-0.05, 0) is 50.9 Å². The monoisotopic (exact) mass is 369 g/mol. The Bertz CT molecular complexity index is 822. The lowest BCUT2D eigenvalue weighted by Crippen LogP contribution is -2.41. The highest BCUT2D eigenvalue weighted by Crippen LogP contribution is 2.37. The van der Waals surface area contributed by atoms with Crippen molar-refractivity contribution >= 4 is 18.3 Å². The lowest BCUT2D eigenvalue weighted by atomic mass is 9.79. The molecule has 0 unspecified atom stereocenters. The summed E-state index contributed by atoms with van der Waals surface area (Å²) in [4.78, 5) is 2.03. The summed E-state index contributed by atoms with van der Waals surface area (Å²) in [6, 6.07) is 13.1. The largest absolute Gasteiger partial charge is 0.494 e. The summed E-state index contributed by atoms with van der Waals surface area (Å²) in [6.07, 6.45) is 0. The van der Waals surface area contributed by atoms with E-state index in [1.165, 1.54) is 6.07 Å². The number of halogens is 1. The number of ether oxygens (including phenoxy) is 1. The highest BCUT2D eigenvalue weighted by Gasteiger charge is 2.51. The maximum Gasteiger partial charge on any atom is 0.494 e. The van der Waals surface area contributed by atoms with Gasteiger partial charge in [-0.15, -0.1) is 0 Å². The highest BCUT2D eigenvalue weighted by atomic mass is 19.1. The van der Waals surface area contributed by atoms with Gasteiger partial charge in [0.1, 0.15) is 23.9 Å². The minimum atomic E-state index is -0.370. The van der Waals surface area contributed by atoms with Gasteiger partial charge in [-0.2, -0.15) is 0 Å². The molecule has 6 heteroatoms. The summed E-state index contributed by atoms with van der Waals surface area (Å²) < 4.78 is 32.1.